The number of nitrogens with zero attached hydrogens (tertiary/aromatic N) is 2. The molecule has 0 fully saturated rings. The minimum absolute atomic E-state index is 0.806. The average molecular weight is 319 g/mol. The van der Waals surface area contributed by atoms with Crippen molar-refractivity contribution in [1.29, 1.82) is 0 Å². The number of rotatable bonds is 2. The zero-order valence-electron chi connectivity index (χ0n) is 14.2. The molecule has 1 aromatic carbocycles. The second-order valence-corrected chi connectivity index (χ2v) is 5.32. The van der Waals surface area contributed by atoms with Gasteiger partial charge in [0.15, 0.2) is 5.58 Å². The molecule has 2 heterocycles. The molecule has 4 nitrogen and oxygen atoms in total. The summed E-state index contributed by atoms with van der Waals surface area (Å²) in [5, 5.41) is 4.92. The first kappa shape index (κ1) is 18.3. The van der Waals surface area contributed by atoms with Gasteiger partial charge in [-0.1, -0.05) is 39.3 Å². The van der Waals surface area contributed by atoms with Crippen molar-refractivity contribution in [2.24, 2.45) is 0 Å². The van der Waals surface area contributed by atoms with E-state index in [0.717, 1.165) is 28.1 Å². The molecule has 0 radical (unpaired) electrons. The number of nitrogens with one attached hydrogen (secondary N) is 1. The van der Waals surface area contributed by atoms with Crippen LogP contribution in [0.15, 0.2) is 33.9 Å². The summed E-state index contributed by atoms with van der Waals surface area (Å²) in [5.74, 6) is 0.890. The summed E-state index contributed by atoms with van der Waals surface area (Å²) >= 11 is 1.69. The fourth-order valence-electron chi connectivity index (χ4n) is 1.88. The molecule has 22 heavy (non-hydrogen) atoms. The van der Waals surface area contributed by atoms with Crippen LogP contribution < -0.4 is 0 Å². The van der Waals surface area contributed by atoms with E-state index in [1.165, 1.54) is 11.3 Å². The van der Waals surface area contributed by atoms with Crippen LogP contribution in [0.2, 0.25) is 0 Å². The summed E-state index contributed by atoms with van der Waals surface area (Å²) in [4.78, 5) is 8.58. The number of imidazole rings is 1. The van der Waals surface area contributed by atoms with Gasteiger partial charge in [-0.2, -0.15) is 0 Å². The number of aromatic nitrogens is 3. The number of hydrogen-bond donors (Lipinski definition) is 1. The van der Waals surface area contributed by atoms with Crippen LogP contribution in [0, 0.1) is 6.92 Å². The van der Waals surface area contributed by atoms with Crippen molar-refractivity contribution in [3.63, 3.8) is 0 Å². The highest BCUT2D eigenvalue weighted by Crippen LogP contribution is 2.33. The lowest BCUT2D eigenvalue weighted by molar-refractivity contribution is 0.457. The molecule has 3 rings (SSSR count). The van der Waals surface area contributed by atoms with Gasteiger partial charge in [-0.15, -0.1) is 11.8 Å². The van der Waals surface area contributed by atoms with E-state index in [4.69, 9.17) is 4.52 Å². The van der Waals surface area contributed by atoms with Crippen molar-refractivity contribution in [1.82, 2.24) is 15.1 Å². The number of benzene rings is 1. The summed E-state index contributed by atoms with van der Waals surface area (Å²) in [5.41, 5.74) is 2.76. The Labute approximate surface area is 136 Å². The summed E-state index contributed by atoms with van der Waals surface area (Å²) < 4.78 is 5.34. The van der Waals surface area contributed by atoms with Gasteiger partial charge in [-0.3, -0.25) is 0 Å². The molecular weight excluding hydrogens is 294 g/mol. The maximum atomic E-state index is 5.34. The van der Waals surface area contributed by atoms with E-state index in [1.807, 2.05) is 39.3 Å². The minimum Gasteiger partial charge on any atom is -0.356 e. The standard InChI is InChI=1S/C12H11N3OS.C3H8.C2H6/c1-7-13-6-10(15-7)8-3-4-11(17-2)9-5-14-16-12(8)9;1-3-2;1-2/h3-6H,1-2H3,(H,13,15);3H2,1-2H3;1-2H3. The topological polar surface area (TPSA) is 54.7 Å². The highest BCUT2D eigenvalue weighted by atomic mass is 32.2. The van der Waals surface area contributed by atoms with Crippen molar-refractivity contribution < 1.29 is 4.52 Å². The van der Waals surface area contributed by atoms with E-state index in [-0.39, 0.29) is 0 Å². The van der Waals surface area contributed by atoms with Gasteiger partial charge in [0.1, 0.15) is 5.82 Å². The summed E-state index contributed by atoms with van der Waals surface area (Å²) in [6.07, 6.45) is 6.86. The van der Waals surface area contributed by atoms with Gasteiger partial charge < -0.3 is 9.51 Å². The lowest BCUT2D eigenvalue weighted by atomic mass is 10.1. The Kier molecular flexibility index (Phi) is 7.74. The smallest absolute Gasteiger partial charge is 0.177 e. The molecule has 120 valence electrons. The monoisotopic (exact) mass is 319 g/mol. The Balaban J connectivity index is 0.000000435. The van der Waals surface area contributed by atoms with Crippen LogP contribution in [0.4, 0.5) is 0 Å². The molecule has 0 aliphatic heterocycles. The van der Waals surface area contributed by atoms with E-state index in [2.05, 4.69) is 35.0 Å². The second kappa shape index (κ2) is 9.30. The van der Waals surface area contributed by atoms with Crippen molar-refractivity contribution in [2.45, 2.75) is 45.9 Å². The fraction of sp³-hybridized carbons (Fsp3) is 0.412. The van der Waals surface area contributed by atoms with E-state index in [1.54, 1.807) is 18.0 Å². The Morgan fingerprint density at radius 3 is 2.41 bits per heavy atom. The molecule has 0 atom stereocenters. The molecule has 0 aliphatic rings. The van der Waals surface area contributed by atoms with Crippen molar-refractivity contribution >= 4 is 22.7 Å². The molecule has 0 saturated heterocycles. The normalized spacial score (nSPS) is 9.73. The molecule has 5 heteroatoms. The third-order valence-corrected chi connectivity index (χ3v) is 3.49. The molecular formula is C17H25N3OS. The lowest BCUT2D eigenvalue weighted by Crippen LogP contribution is -1.81. The molecule has 0 amide bonds. The Hall–Kier alpha value is -1.75. The van der Waals surface area contributed by atoms with Gasteiger partial charge in [0.25, 0.3) is 0 Å². The molecule has 0 aliphatic carbocycles. The van der Waals surface area contributed by atoms with Crippen LogP contribution in [0.3, 0.4) is 0 Å². The maximum absolute atomic E-state index is 5.34. The van der Waals surface area contributed by atoms with Crippen molar-refractivity contribution in [3.8, 4) is 11.3 Å². The SMILES string of the molecule is CC.CCC.CSc1ccc(-c2cnc(C)[nH]2)c2oncc12. The molecule has 0 saturated carbocycles. The summed E-state index contributed by atoms with van der Waals surface area (Å²) in [7, 11) is 0. The van der Waals surface area contributed by atoms with E-state index in [9.17, 15) is 0 Å². The predicted molar refractivity (Wildman–Crippen MR) is 95.4 cm³/mol. The number of hydrogen-bond acceptors (Lipinski definition) is 4. The average Bonchev–Trinajstić information content (AvgIpc) is 3.18. The third-order valence-electron chi connectivity index (χ3n) is 2.69. The van der Waals surface area contributed by atoms with Crippen LogP contribution in [-0.2, 0) is 0 Å². The zero-order valence-corrected chi connectivity index (χ0v) is 15.0. The number of aryl methyl sites for hydroxylation is 1. The van der Waals surface area contributed by atoms with Gasteiger partial charge in [-0.25, -0.2) is 4.98 Å². The molecule has 0 bridgehead atoms. The second-order valence-electron chi connectivity index (χ2n) is 4.47. The third kappa shape index (κ3) is 4.13. The minimum atomic E-state index is 0.806. The van der Waals surface area contributed by atoms with E-state index < -0.39 is 0 Å². The van der Waals surface area contributed by atoms with Gasteiger partial charge >= 0.3 is 0 Å². The number of H-pyrrole nitrogens is 1. The first-order chi connectivity index (χ1) is 10.7. The van der Waals surface area contributed by atoms with Crippen LogP contribution in [-0.4, -0.2) is 21.4 Å². The number of fused-ring (bicyclic) bond motifs is 1. The predicted octanol–water partition coefficient (Wildman–Crippen LogP) is 5.69. The van der Waals surface area contributed by atoms with E-state index in [0.29, 0.717) is 0 Å². The highest BCUT2D eigenvalue weighted by Gasteiger charge is 2.12. The quantitative estimate of drug-likeness (QED) is 0.616. The van der Waals surface area contributed by atoms with Crippen molar-refractivity contribution in [2.75, 3.05) is 6.26 Å². The lowest BCUT2D eigenvalue weighted by Gasteiger charge is -2.01. The molecule has 2 aromatic heterocycles. The molecule has 0 spiro atoms. The van der Waals surface area contributed by atoms with Crippen LogP contribution in [0.5, 0.6) is 0 Å². The molecule has 1 N–H and O–H groups in total. The van der Waals surface area contributed by atoms with E-state index >= 15 is 0 Å². The summed E-state index contributed by atoms with van der Waals surface area (Å²) in [6.45, 7) is 10.2. The maximum Gasteiger partial charge on any atom is 0.177 e. The number of aromatic amines is 1. The first-order valence-electron chi connectivity index (χ1n) is 7.64. The Bertz CT molecular complexity index is 688. The zero-order chi connectivity index (χ0) is 16.5. The van der Waals surface area contributed by atoms with Crippen LogP contribution in [0.25, 0.3) is 22.2 Å². The number of thioether (sulfide) groups is 1. The van der Waals surface area contributed by atoms with Crippen molar-refractivity contribution in [3.05, 3.63) is 30.4 Å². The fourth-order valence-corrected chi connectivity index (χ4v) is 2.45. The van der Waals surface area contributed by atoms with Crippen LogP contribution in [0.1, 0.15) is 39.9 Å². The van der Waals surface area contributed by atoms with Crippen LogP contribution >= 0.6 is 11.8 Å². The summed E-state index contributed by atoms with van der Waals surface area (Å²) in [6, 6.07) is 4.11. The van der Waals surface area contributed by atoms with Gasteiger partial charge in [0.2, 0.25) is 0 Å². The Morgan fingerprint density at radius 1 is 1.18 bits per heavy atom. The molecule has 3 aromatic rings. The highest BCUT2D eigenvalue weighted by molar-refractivity contribution is 7.98. The Morgan fingerprint density at radius 2 is 1.86 bits per heavy atom. The van der Waals surface area contributed by atoms with Gasteiger partial charge in [0, 0.05) is 10.5 Å². The molecule has 0 unspecified atom stereocenters. The van der Waals surface area contributed by atoms with Gasteiger partial charge in [0.05, 0.1) is 23.5 Å². The largest absolute Gasteiger partial charge is 0.356 e. The van der Waals surface area contributed by atoms with Gasteiger partial charge in [-0.05, 0) is 25.3 Å². The first-order valence-corrected chi connectivity index (χ1v) is 8.87.